The van der Waals surface area contributed by atoms with Crippen molar-refractivity contribution < 1.29 is 24.5 Å². The molecule has 3 aromatic rings. The molecule has 2 unspecified atom stereocenters. The maximum absolute atomic E-state index is 11.0. The Kier molecular flexibility index (Phi) is 7.50. The molecule has 1 aliphatic rings. The van der Waals surface area contributed by atoms with E-state index in [4.69, 9.17) is 26.2 Å². The number of rotatable bonds is 9. The van der Waals surface area contributed by atoms with Gasteiger partial charge in [-0.2, -0.15) is 0 Å². The Morgan fingerprint density at radius 3 is 2.64 bits per heavy atom. The standard InChI is InChI=1S/C26H26ClNO5/c27-23-3-1-2-4-25(23)32-16-21(29)14-28-15-22-11-9-20-13-19(10-12-24(20)33-22)17-5-7-18(8-6-17)26(30)31/h1-8,10,12-13,21-22,28-29H,9,11,14-16H2,(H,30,31). The van der Waals surface area contributed by atoms with E-state index in [1.54, 1.807) is 24.3 Å². The van der Waals surface area contributed by atoms with Crippen molar-refractivity contribution in [2.45, 2.75) is 25.0 Å². The second-order valence-corrected chi connectivity index (χ2v) is 8.44. The molecule has 2 atom stereocenters. The van der Waals surface area contributed by atoms with Crippen LogP contribution in [0.25, 0.3) is 11.1 Å². The average Bonchev–Trinajstić information content (AvgIpc) is 2.83. The summed E-state index contributed by atoms with van der Waals surface area (Å²) in [6.45, 7) is 1.17. The van der Waals surface area contributed by atoms with Crippen molar-refractivity contribution in [1.82, 2.24) is 5.32 Å². The molecular formula is C26H26ClNO5. The minimum absolute atomic E-state index is 0.0230. The van der Waals surface area contributed by atoms with Gasteiger partial charge in [-0.1, -0.05) is 41.9 Å². The van der Waals surface area contributed by atoms with E-state index in [0.29, 0.717) is 23.9 Å². The van der Waals surface area contributed by atoms with Crippen molar-refractivity contribution in [3.8, 4) is 22.6 Å². The summed E-state index contributed by atoms with van der Waals surface area (Å²) in [5.41, 5.74) is 3.42. The number of carbonyl (C=O) groups is 1. The third-order valence-electron chi connectivity index (χ3n) is 5.57. The SMILES string of the molecule is O=C(O)c1ccc(-c2ccc3c(c2)CCC(CNCC(O)COc2ccccc2Cl)O3)cc1. The minimum Gasteiger partial charge on any atom is -0.489 e. The highest BCUT2D eigenvalue weighted by Gasteiger charge is 2.20. The molecule has 6 nitrogen and oxygen atoms in total. The number of para-hydroxylation sites is 1. The molecule has 172 valence electrons. The van der Waals surface area contributed by atoms with Gasteiger partial charge in [-0.05, 0) is 65.9 Å². The van der Waals surface area contributed by atoms with Crippen molar-refractivity contribution in [2.75, 3.05) is 19.7 Å². The molecule has 0 saturated carbocycles. The van der Waals surface area contributed by atoms with Gasteiger partial charge < -0.3 is 25.0 Å². The quantitative estimate of drug-likeness (QED) is 0.431. The lowest BCUT2D eigenvalue weighted by Gasteiger charge is -2.27. The molecule has 3 N–H and O–H groups in total. The summed E-state index contributed by atoms with van der Waals surface area (Å²) < 4.78 is 11.7. The van der Waals surface area contributed by atoms with E-state index in [2.05, 4.69) is 11.4 Å². The highest BCUT2D eigenvalue weighted by molar-refractivity contribution is 6.32. The molecule has 0 amide bonds. The molecule has 0 aliphatic carbocycles. The van der Waals surface area contributed by atoms with E-state index in [0.717, 1.165) is 35.3 Å². The summed E-state index contributed by atoms with van der Waals surface area (Å²) in [5, 5.41) is 23.0. The normalized spacial score (nSPS) is 15.9. The molecule has 0 saturated heterocycles. The summed E-state index contributed by atoms with van der Waals surface area (Å²) in [7, 11) is 0. The fourth-order valence-electron chi connectivity index (χ4n) is 3.79. The van der Waals surface area contributed by atoms with Crippen LogP contribution in [0.3, 0.4) is 0 Å². The van der Waals surface area contributed by atoms with Gasteiger partial charge in [0.15, 0.2) is 0 Å². The second-order valence-electron chi connectivity index (χ2n) is 8.04. The molecule has 0 fully saturated rings. The Hall–Kier alpha value is -3.06. The Labute approximate surface area is 197 Å². The average molecular weight is 468 g/mol. The maximum Gasteiger partial charge on any atom is 0.335 e. The van der Waals surface area contributed by atoms with Crippen LogP contribution in [0, 0.1) is 0 Å². The molecule has 0 radical (unpaired) electrons. The number of ether oxygens (including phenoxy) is 2. The fraction of sp³-hybridized carbons (Fsp3) is 0.269. The minimum atomic E-state index is -0.930. The Morgan fingerprint density at radius 1 is 1.12 bits per heavy atom. The Balaban J connectivity index is 1.25. The third kappa shape index (κ3) is 6.05. The van der Waals surface area contributed by atoms with E-state index in [-0.39, 0.29) is 18.3 Å². The summed E-state index contributed by atoms with van der Waals surface area (Å²) in [5.74, 6) is 0.491. The predicted molar refractivity (Wildman–Crippen MR) is 127 cm³/mol. The zero-order valence-electron chi connectivity index (χ0n) is 18.0. The van der Waals surface area contributed by atoms with Crippen LogP contribution in [0.2, 0.25) is 5.02 Å². The number of fused-ring (bicyclic) bond motifs is 1. The van der Waals surface area contributed by atoms with Crippen LogP contribution in [-0.4, -0.2) is 48.1 Å². The molecule has 7 heteroatoms. The van der Waals surface area contributed by atoms with Gasteiger partial charge in [0.25, 0.3) is 0 Å². The number of halogens is 1. The van der Waals surface area contributed by atoms with E-state index in [1.807, 2.05) is 36.4 Å². The first-order chi connectivity index (χ1) is 16.0. The number of nitrogens with one attached hydrogen (secondary N) is 1. The number of carboxylic acids is 1. The van der Waals surface area contributed by atoms with Crippen LogP contribution >= 0.6 is 11.6 Å². The van der Waals surface area contributed by atoms with Crippen LogP contribution < -0.4 is 14.8 Å². The molecule has 0 spiro atoms. The van der Waals surface area contributed by atoms with Gasteiger partial charge in [-0.25, -0.2) is 4.79 Å². The van der Waals surface area contributed by atoms with Crippen molar-refractivity contribution in [3.63, 3.8) is 0 Å². The van der Waals surface area contributed by atoms with Crippen molar-refractivity contribution >= 4 is 17.6 Å². The lowest BCUT2D eigenvalue weighted by molar-refractivity contribution is 0.0697. The van der Waals surface area contributed by atoms with Gasteiger partial charge >= 0.3 is 5.97 Å². The molecule has 0 aromatic heterocycles. The van der Waals surface area contributed by atoms with Gasteiger partial charge in [0.1, 0.15) is 30.3 Å². The van der Waals surface area contributed by atoms with Gasteiger partial charge in [0.2, 0.25) is 0 Å². The smallest absolute Gasteiger partial charge is 0.335 e. The fourth-order valence-corrected chi connectivity index (χ4v) is 3.98. The number of aliphatic hydroxyl groups excluding tert-OH is 1. The van der Waals surface area contributed by atoms with Crippen molar-refractivity contribution in [1.29, 1.82) is 0 Å². The molecule has 3 aromatic carbocycles. The van der Waals surface area contributed by atoms with Crippen LogP contribution in [0.1, 0.15) is 22.3 Å². The third-order valence-corrected chi connectivity index (χ3v) is 5.89. The summed E-state index contributed by atoms with van der Waals surface area (Å²) >= 11 is 6.06. The van der Waals surface area contributed by atoms with E-state index >= 15 is 0 Å². The molecular weight excluding hydrogens is 442 g/mol. The summed E-state index contributed by atoms with van der Waals surface area (Å²) in [6.07, 6.45) is 1.12. The van der Waals surface area contributed by atoms with E-state index in [9.17, 15) is 9.90 Å². The van der Waals surface area contributed by atoms with E-state index < -0.39 is 12.1 Å². The lowest BCUT2D eigenvalue weighted by Crippen LogP contribution is -2.39. The number of carboxylic acid groups (broad SMARTS) is 1. The van der Waals surface area contributed by atoms with Gasteiger partial charge in [0, 0.05) is 13.1 Å². The van der Waals surface area contributed by atoms with Crippen molar-refractivity contribution in [2.24, 2.45) is 0 Å². The first-order valence-corrected chi connectivity index (χ1v) is 11.3. The number of hydrogen-bond acceptors (Lipinski definition) is 5. The topological polar surface area (TPSA) is 88.0 Å². The van der Waals surface area contributed by atoms with Crippen molar-refractivity contribution in [3.05, 3.63) is 82.9 Å². The number of hydrogen-bond donors (Lipinski definition) is 3. The zero-order chi connectivity index (χ0) is 23.2. The Morgan fingerprint density at radius 2 is 1.88 bits per heavy atom. The second kappa shape index (κ2) is 10.7. The number of aliphatic hydroxyl groups is 1. The zero-order valence-corrected chi connectivity index (χ0v) is 18.8. The molecule has 33 heavy (non-hydrogen) atoms. The van der Waals surface area contributed by atoms with Crippen LogP contribution in [0.4, 0.5) is 0 Å². The summed E-state index contributed by atoms with van der Waals surface area (Å²) in [6, 6.07) is 20.1. The Bertz CT molecular complexity index is 1100. The highest BCUT2D eigenvalue weighted by atomic mass is 35.5. The highest BCUT2D eigenvalue weighted by Crippen LogP contribution is 2.32. The number of aromatic carboxylic acids is 1. The predicted octanol–water partition coefficient (Wildman–Crippen LogP) is 4.43. The summed E-state index contributed by atoms with van der Waals surface area (Å²) in [4.78, 5) is 11.0. The lowest BCUT2D eigenvalue weighted by atomic mass is 9.96. The van der Waals surface area contributed by atoms with Crippen LogP contribution in [0.5, 0.6) is 11.5 Å². The van der Waals surface area contributed by atoms with Gasteiger partial charge in [-0.3, -0.25) is 0 Å². The van der Waals surface area contributed by atoms with Crippen LogP contribution in [0.15, 0.2) is 66.7 Å². The number of aryl methyl sites for hydroxylation is 1. The monoisotopic (exact) mass is 467 g/mol. The first kappa shape index (κ1) is 23.1. The molecule has 4 rings (SSSR count). The van der Waals surface area contributed by atoms with Crippen LogP contribution in [-0.2, 0) is 6.42 Å². The molecule has 1 heterocycles. The first-order valence-electron chi connectivity index (χ1n) is 10.9. The van der Waals surface area contributed by atoms with E-state index in [1.165, 1.54) is 0 Å². The molecule has 1 aliphatic heterocycles. The van der Waals surface area contributed by atoms with Gasteiger partial charge in [0.05, 0.1) is 10.6 Å². The molecule has 0 bridgehead atoms. The maximum atomic E-state index is 11.0. The largest absolute Gasteiger partial charge is 0.489 e. The van der Waals surface area contributed by atoms with Gasteiger partial charge in [-0.15, -0.1) is 0 Å². The number of benzene rings is 3.